The second-order valence-corrected chi connectivity index (χ2v) is 6.65. The lowest BCUT2D eigenvalue weighted by molar-refractivity contribution is 0.460. The van der Waals surface area contributed by atoms with Crippen molar-refractivity contribution in [3.05, 3.63) is 108 Å². The minimum absolute atomic E-state index is 0.603. The number of hydrogen-bond donors (Lipinski definition) is 2. The first kappa shape index (κ1) is 19.0. The molecule has 0 aromatic heterocycles. The molecule has 4 aromatic carbocycles. The van der Waals surface area contributed by atoms with E-state index in [0.29, 0.717) is 34.4 Å². The Morgan fingerprint density at radius 1 is 0.467 bits per heavy atom. The minimum atomic E-state index is 0.603. The van der Waals surface area contributed by atoms with Crippen LogP contribution in [-0.2, 0) is 0 Å². The standard InChI is InChI=1S/C26H20N2O2/c27-21-11-13-23(14-12-21)29-25-15-20(10-9-19-5-2-1-3-6-19)16-26(18-25)30-24-8-4-7-22(28)17-24/h1-8,11-18H,27-28H2. The maximum atomic E-state index is 6.00. The van der Waals surface area contributed by atoms with E-state index in [9.17, 15) is 0 Å². The van der Waals surface area contributed by atoms with Crippen LogP contribution in [0.5, 0.6) is 23.0 Å². The number of nitrogen functional groups attached to an aromatic ring is 2. The van der Waals surface area contributed by atoms with E-state index in [1.165, 1.54) is 0 Å². The predicted molar refractivity (Wildman–Crippen MR) is 121 cm³/mol. The Morgan fingerprint density at radius 3 is 1.83 bits per heavy atom. The Labute approximate surface area is 175 Å². The monoisotopic (exact) mass is 392 g/mol. The molecule has 0 spiro atoms. The fourth-order valence-corrected chi connectivity index (χ4v) is 2.81. The summed E-state index contributed by atoms with van der Waals surface area (Å²) in [5, 5.41) is 0. The van der Waals surface area contributed by atoms with Crippen molar-refractivity contribution in [2.24, 2.45) is 0 Å². The van der Waals surface area contributed by atoms with E-state index in [0.717, 1.165) is 11.1 Å². The summed E-state index contributed by atoms with van der Waals surface area (Å²) in [6.07, 6.45) is 0. The zero-order valence-corrected chi connectivity index (χ0v) is 16.2. The highest BCUT2D eigenvalue weighted by Gasteiger charge is 2.06. The molecule has 4 heteroatoms. The molecule has 4 nitrogen and oxygen atoms in total. The molecule has 0 fully saturated rings. The van der Waals surface area contributed by atoms with E-state index in [1.54, 1.807) is 18.2 Å². The molecular formula is C26H20N2O2. The highest BCUT2D eigenvalue weighted by Crippen LogP contribution is 2.31. The zero-order chi connectivity index (χ0) is 20.8. The van der Waals surface area contributed by atoms with Crippen LogP contribution in [0.3, 0.4) is 0 Å². The molecule has 4 aromatic rings. The molecule has 4 rings (SSSR count). The molecule has 0 radical (unpaired) electrons. The molecule has 0 aliphatic carbocycles. The Kier molecular flexibility index (Phi) is 5.54. The van der Waals surface area contributed by atoms with Gasteiger partial charge in [0.1, 0.15) is 23.0 Å². The summed E-state index contributed by atoms with van der Waals surface area (Å²) in [4.78, 5) is 0. The first-order chi connectivity index (χ1) is 14.6. The summed E-state index contributed by atoms with van der Waals surface area (Å²) in [5.41, 5.74) is 14.6. The normalized spacial score (nSPS) is 10.0. The van der Waals surface area contributed by atoms with Gasteiger partial charge in [0.2, 0.25) is 0 Å². The SMILES string of the molecule is Nc1ccc(Oc2cc(C#Cc3ccccc3)cc(Oc3cccc(N)c3)c2)cc1. The van der Waals surface area contributed by atoms with Crippen LogP contribution in [0.25, 0.3) is 0 Å². The van der Waals surface area contributed by atoms with Gasteiger partial charge in [0.05, 0.1) is 0 Å². The van der Waals surface area contributed by atoms with Gasteiger partial charge in [-0.25, -0.2) is 0 Å². The van der Waals surface area contributed by atoms with E-state index in [4.69, 9.17) is 20.9 Å². The summed E-state index contributed by atoms with van der Waals surface area (Å²) < 4.78 is 12.0. The van der Waals surface area contributed by atoms with Crippen molar-refractivity contribution in [1.29, 1.82) is 0 Å². The van der Waals surface area contributed by atoms with Crippen LogP contribution in [0, 0.1) is 11.8 Å². The van der Waals surface area contributed by atoms with Crippen LogP contribution in [0.1, 0.15) is 11.1 Å². The molecule has 0 saturated carbocycles. The van der Waals surface area contributed by atoms with Gasteiger partial charge in [0, 0.05) is 34.6 Å². The molecule has 0 amide bonds. The molecule has 0 unspecified atom stereocenters. The lowest BCUT2D eigenvalue weighted by Gasteiger charge is -2.11. The number of rotatable bonds is 4. The number of anilines is 2. The smallest absolute Gasteiger partial charge is 0.132 e. The van der Waals surface area contributed by atoms with Gasteiger partial charge in [-0.1, -0.05) is 36.1 Å². The van der Waals surface area contributed by atoms with Gasteiger partial charge in [-0.15, -0.1) is 0 Å². The van der Waals surface area contributed by atoms with Crippen molar-refractivity contribution in [1.82, 2.24) is 0 Å². The van der Waals surface area contributed by atoms with Crippen LogP contribution < -0.4 is 20.9 Å². The molecule has 0 aliphatic rings. The molecule has 30 heavy (non-hydrogen) atoms. The topological polar surface area (TPSA) is 70.5 Å². The van der Waals surface area contributed by atoms with E-state index in [-0.39, 0.29) is 0 Å². The average molecular weight is 392 g/mol. The van der Waals surface area contributed by atoms with E-state index < -0.39 is 0 Å². The fourth-order valence-electron chi connectivity index (χ4n) is 2.81. The minimum Gasteiger partial charge on any atom is -0.457 e. The molecule has 4 N–H and O–H groups in total. The van der Waals surface area contributed by atoms with Crippen LogP contribution in [0.15, 0.2) is 97.1 Å². The summed E-state index contributed by atoms with van der Waals surface area (Å²) >= 11 is 0. The third-order valence-corrected chi connectivity index (χ3v) is 4.21. The van der Waals surface area contributed by atoms with E-state index in [2.05, 4.69) is 11.8 Å². The van der Waals surface area contributed by atoms with Crippen LogP contribution >= 0.6 is 0 Å². The predicted octanol–water partition coefficient (Wildman–Crippen LogP) is 5.84. The highest BCUT2D eigenvalue weighted by atomic mass is 16.5. The van der Waals surface area contributed by atoms with Crippen molar-refractivity contribution in [3.8, 4) is 34.8 Å². The second-order valence-electron chi connectivity index (χ2n) is 6.65. The first-order valence-electron chi connectivity index (χ1n) is 9.43. The third-order valence-electron chi connectivity index (χ3n) is 4.21. The fraction of sp³-hybridized carbons (Fsp3) is 0. The molecule has 146 valence electrons. The van der Waals surface area contributed by atoms with Crippen molar-refractivity contribution in [3.63, 3.8) is 0 Å². The van der Waals surface area contributed by atoms with Gasteiger partial charge in [-0.2, -0.15) is 0 Å². The van der Waals surface area contributed by atoms with Crippen molar-refractivity contribution in [2.75, 3.05) is 11.5 Å². The lowest BCUT2D eigenvalue weighted by Crippen LogP contribution is -1.91. The van der Waals surface area contributed by atoms with Gasteiger partial charge in [-0.3, -0.25) is 0 Å². The summed E-state index contributed by atoms with van der Waals surface area (Å²) in [6, 6.07) is 29.8. The van der Waals surface area contributed by atoms with E-state index >= 15 is 0 Å². The molecule has 0 atom stereocenters. The third kappa shape index (κ3) is 5.12. The highest BCUT2D eigenvalue weighted by molar-refractivity contribution is 5.52. The molecule has 0 bridgehead atoms. The molecule has 0 aliphatic heterocycles. The van der Waals surface area contributed by atoms with Gasteiger partial charge in [0.25, 0.3) is 0 Å². The van der Waals surface area contributed by atoms with Crippen LogP contribution in [0.2, 0.25) is 0 Å². The largest absolute Gasteiger partial charge is 0.457 e. The average Bonchev–Trinajstić information content (AvgIpc) is 2.75. The van der Waals surface area contributed by atoms with Gasteiger partial charge in [0.15, 0.2) is 0 Å². The van der Waals surface area contributed by atoms with Crippen molar-refractivity contribution < 1.29 is 9.47 Å². The first-order valence-corrected chi connectivity index (χ1v) is 9.43. The Balaban J connectivity index is 1.67. The number of benzene rings is 4. The maximum absolute atomic E-state index is 6.00. The number of nitrogens with two attached hydrogens (primary N) is 2. The quantitative estimate of drug-likeness (QED) is 0.338. The second kappa shape index (κ2) is 8.76. The van der Waals surface area contributed by atoms with Gasteiger partial charge in [-0.05, 0) is 60.7 Å². The molecule has 0 saturated heterocycles. The van der Waals surface area contributed by atoms with Crippen LogP contribution in [-0.4, -0.2) is 0 Å². The number of hydrogen-bond acceptors (Lipinski definition) is 4. The molecular weight excluding hydrogens is 372 g/mol. The summed E-state index contributed by atoms with van der Waals surface area (Å²) in [7, 11) is 0. The Morgan fingerprint density at radius 2 is 1.13 bits per heavy atom. The molecule has 0 heterocycles. The van der Waals surface area contributed by atoms with Crippen molar-refractivity contribution >= 4 is 11.4 Å². The Bertz CT molecular complexity index is 1210. The Hall–Kier alpha value is -4.36. The summed E-state index contributed by atoms with van der Waals surface area (Å²) in [5.74, 6) is 8.87. The number of ether oxygens (including phenoxy) is 2. The van der Waals surface area contributed by atoms with Crippen molar-refractivity contribution in [2.45, 2.75) is 0 Å². The lowest BCUT2D eigenvalue weighted by atomic mass is 10.1. The van der Waals surface area contributed by atoms with Gasteiger partial charge < -0.3 is 20.9 Å². The van der Waals surface area contributed by atoms with Crippen LogP contribution in [0.4, 0.5) is 11.4 Å². The van der Waals surface area contributed by atoms with E-state index in [1.807, 2.05) is 78.9 Å². The zero-order valence-electron chi connectivity index (χ0n) is 16.2. The maximum Gasteiger partial charge on any atom is 0.132 e. The van der Waals surface area contributed by atoms with Gasteiger partial charge >= 0.3 is 0 Å². The summed E-state index contributed by atoms with van der Waals surface area (Å²) in [6.45, 7) is 0.